The molecule has 0 aliphatic carbocycles. The van der Waals surface area contributed by atoms with Crippen molar-refractivity contribution in [2.45, 2.75) is 18.9 Å². The summed E-state index contributed by atoms with van der Waals surface area (Å²) < 4.78 is 0. The number of nitrogens with one attached hydrogen (secondary N) is 1. The Balaban J connectivity index is 1.70. The SMILES string of the molecule is O=C(CCc1nccs1)N1CCNCC1c1cccc(Cl)c1. The molecule has 1 aromatic carbocycles. The van der Waals surface area contributed by atoms with Crippen LogP contribution in [-0.4, -0.2) is 35.4 Å². The first-order valence-electron chi connectivity index (χ1n) is 7.38. The van der Waals surface area contributed by atoms with Gasteiger partial charge in [0.25, 0.3) is 0 Å². The van der Waals surface area contributed by atoms with Crippen LogP contribution < -0.4 is 5.32 Å². The summed E-state index contributed by atoms with van der Waals surface area (Å²) in [6, 6.07) is 7.82. The maximum atomic E-state index is 12.6. The fraction of sp³-hybridized carbons (Fsp3) is 0.375. The number of benzene rings is 1. The summed E-state index contributed by atoms with van der Waals surface area (Å²) in [7, 11) is 0. The fourth-order valence-corrected chi connectivity index (χ4v) is 3.57. The number of hydrogen-bond donors (Lipinski definition) is 1. The van der Waals surface area contributed by atoms with Gasteiger partial charge in [-0.2, -0.15) is 0 Å². The molecule has 4 nitrogen and oxygen atoms in total. The molecule has 1 amide bonds. The van der Waals surface area contributed by atoms with Crippen LogP contribution in [0.1, 0.15) is 23.0 Å². The molecule has 1 aromatic heterocycles. The Bertz CT molecular complexity index is 632. The molecule has 0 bridgehead atoms. The van der Waals surface area contributed by atoms with Gasteiger partial charge in [-0.25, -0.2) is 4.98 Å². The molecule has 1 N–H and O–H groups in total. The number of aryl methyl sites for hydroxylation is 1. The van der Waals surface area contributed by atoms with Gasteiger partial charge in [-0.3, -0.25) is 4.79 Å². The zero-order valence-corrected chi connectivity index (χ0v) is 13.7. The molecule has 0 radical (unpaired) electrons. The Hall–Kier alpha value is -1.43. The van der Waals surface area contributed by atoms with Crippen molar-refractivity contribution in [3.8, 4) is 0 Å². The smallest absolute Gasteiger partial charge is 0.223 e. The van der Waals surface area contributed by atoms with Crippen molar-refractivity contribution in [2.75, 3.05) is 19.6 Å². The first-order chi connectivity index (χ1) is 10.7. The van der Waals surface area contributed by atoms with Crippen molar-refractivity contribution in [1.82, 2.24) is 15.2 Å². The van der Waals surface area contributed by atoms with Crippen molar-refractivity contribution in [3.05, 3.63) is 51.4 Å². The molecule has 1 aliphatic rings. The Morgan fingerprint density at radius 1 is 1.50 bits per heavy atom. The molecule has 3 rings (SSSR count). The van der Waals surface area contributed by atoms with Crippen LogP contribution in [0.5, 0.6) is 0 Å². The highest BCUT2D eigenvalue weighted by atomic mass is 35.5. The number of piperazine rings is 1. The third kappa shape index (κ3) is 3.66. The molecule has 0 spiro atoms. The number of carbonyl (C=O) groups excluding carboxylic acids is 1. The number of halogens is 1. The van der Waals surface area contributed by atoms with Gasteiger partial charge in [-0.1, -0.05) is 23.7 Å². The Kier molecular flexibility index (Phi) is 5.08. The van der Waals surface area contributed by atoms with Crippen LogP contribution in [0.4, 0.5) is 0 Å². The number of hydrogen-bond acceptors (Lipinski definition) is 4. The maximum absolute atomic E-state index is 12.6. The minimum atomic E-state index is 0.0521. The number of nitrogens with zero attached hydrogens (tertiary/aromatic N) is 2. The van der Waals surface area contributed by atoms with E-state index in [1.54, 1.807) is 17.5 Å². The first kappa shape index (κ1) is 15.5. The predicted octanol–water partition coefficient (Wildman–Crippen LogP) is 2.90. The average Bonchev–Trinajstić information content (AvgIpc) is 3.06. The van der Waals surface area contributed by atoms with E-state index in [2.05, 4.69) is 10.3 Å². The van der Waals surface area contributed by atoms with E-state index in [1.807, 2.05) is 34.5 Å². The van der Waals surface area contributed by atoms with Gasteiger partial charge in [0, 0.05) is 49.1 Å². The Morgan fingerprint density at radius 2 is 2.41 bits per heavy atom. The van der Waals surface area contributed by atoms with E-state index >= 15 is 0 Å². The zero-order valence-electron chi connectivity index (χ0n) is 12.2. The van der Waals surface area contributed by atoms with E-state index in [-0.39, 0.29) is 11.9 Å². The highest BCUT2D eigenvalue weighted by molar-refractivity contribution is 7.09. The van der Waals surface area contributed by atoms with Crippen LogP contribution in [0.2, 0.25) is 5.02 Å². The van der Waals surface area contributed by atoms with E-state index < -0.39 is 0 Å². The second-order valence-electron chi connectivity index (χ2n) is 5.29. The summed E-state index contributed by atoms with van der Waals surface area (Å²) in [4.78, 5) is 18.8. The van der Waals surface area contributed by atoms with Gasteiger partial charge < -0.3 is 10.2 Å². The molecule has 116 valence electrons. The van der Waals surface area contributed by atoms with Crippen molar-refractivity contribution in [2.24, 2.45) is 0 Å². The van der Waals surface area contributed by atoms with Gasteiger partial charge in [-0.15, -0.1) is 11.3 Å². The standard InChI is InChI=1S/C16H18ClN3OS/c17-13-3-1-2-12(10-13)14-11-18-6-8-20(14)16(21)5-4-15-19-7-9-22-15/h1-3,7,9-10,14,18H,4-6,8,11H2. The van der Waals surface area contributed by atoms with Gasteiger partial charge in [0.1, 0.15) is 0 Å². The van der Waals surface area contributed by atoms with E-state index in [9.17, 15) is 4.79 Å². The monoisotopic (exact) mass is 335 g/mol. The topological polar surface area (TPSA) is 45.2 Å². The highest BCUT2D eigenvalue weighted by Gasteiger charge is 2.27. The van der Waals surface area contributed by atoms with Crippen LogP contribution in [0.25, 0.3) is 0 Å². The summed E-state index contributed by atoms with van der Waals surface area (Å²) in [5, 5.41) is 7.03. The molecule has 1 unspecified atom stereocenters. The van der Waals surface area contributed by atoms with Crippen molar-refractivity contribution < 1.29 is 4.79 Å². The van der Waals surface area contributed by atoms with E-state index in [0.29, 0.717) is 17.9 Å². The minimum absolute atomic E-state index is 0.0521. The number of amides is 1. The molecule has 6 heteroatoms. The fourth-order valence-electron chi connectivity index (χ4n) is 2.75. The number of thiazole rings is 1. The molecule has 1 saturated heterocycles. The summed E-state index contributed by atoms with van der Waals surface area (Å²) in [6.45, 7) is 2.33. The van der Waals surface area contributed by atoms with Crippen LogP contribution in [0, 0.1) is 0 Å². The minimum Gasteiger partial charge on any atom is -0.333 e. The molecule has 22 heavy (non-hydrogen) atoms. The lowest BCUT2D eigenvalue weighted by Gasteiger charge is -2.36. The van der Waals surface area contributed by atoms with E-state index in [0.717, 1.165) is 30.2 Å². The van der Waals surface area contributed by atoms with Crippen LogP contribution in [0.15, 0.2) is 35.8 Å². The third-order valence-electron chi connectivity index (χ3n) is 3.83. The second-order valence-corrected chi connectivity index (χ2v) is 6.70. The summed E-state index contributed by atoms with van der Waals surface area (Å²) >= 11 is 7.69. The normalized spacial score (nSPS) is 18.4. The predicted molar refractivity (Wildman–Crippen MR) is 89.2 cm³/mol. The molecule has 2 heterocycles. The lowest BCUT2D eigenvalue weighted by Crippen LogP contribution is -2.48. The molecular formula is C16H18ClN3OS. The summed E-state index contributed by atoms with van der Waals surface area (Å²) in [6.07, 6.45) is 3.00. The van der Waals surface area contributed by atoms with Gasteiger partial charge in [0.05, 0.1) is 11.0 Å². The first-order valence-corrected chi connectivity index (χ1v) is 8.64. The van der Waals surface area contributed by atoms with Gasteiger partial charge in [0.2, 0.25) is 5.91 Å². The highest BCUT2D eigenvalue weighted by Crippen LogP contribution is 2.25. The third-order valence-corrected chi connectivity index (χ3v) is 4.91. The molecular weight excluding hydrogens is 318 g/mol. The molecule has 1 fully saturated rings. The second kappa shape index (κ2) is 7.22. The van der Waals surface area contributed by atoms with E-state index in [4.69, 9.17) is 11.6 Å². The molecule has 0 saturated carbocycles. The maximum Gasteiger partial charge on any atom is 0.223 e. The van der Waals surface area contributed by atoms with Crippen molar-refractivity contribution >= 4 is 28.8 Å². The average molecular weight is 336 g/mol. The number of rotatable bonds is 4. The Morgan fingerprint density at radius 3 is 3.18 bits per heavy atom. The van der Waals surface area contributed by atoms with Crippen LogP contribution in [0.3, 0.4) is 0 Å². The number of aromatic nitrogens is 1. The van der Waals surface area contributed by atoms with Crippen molar-refractivity contribution in [3.63, 3.8) is 0 Å². The van der Waals surface area contributed by atoms with Crippen LogP contribution >= 0.6 is 22.9 Å². The zero-order chi connectivity index (χ0) is 15.4. The summed E-state index contributed by atoms with van der Waals surface area (Å²) in [5.74, 6) is 0.182. The Labute approximate surface area is 139 Å². The molecule has 1 aliphatic heterocycles. The number of carbonyl (C=O) groups is 1. The van der Waals surface area contributed by atoms with Gasteiger partial charge in [0.15, 0.2) is 0 Å². The summed E-state index contributed by atoms with van der Waals surface area (Å²) in [5.41, 5.74) is 1.09. The van der Waals surface area contributed by atoms with Crippen molar-refractivity contribution in [1.29, 1.82) is 0 Å². The van der Waals surface area contributed by atoms with E-state index in [1.165, 1.54) is 0 Å². The van der Waals surface area contributed by atoms with Gasteiger partial charge >= 0.3 is 0 Å². The largest absolute Gasteiger partial charge is 0.333 e. The van der Waals surface area contributed by atoms with Crippen LogP contribution in [-0.2, 0) is 11.2 Å². The lowest BCUT2D eigenvalue weighted by molar-refractivity contribution is -0.134. The van der Waals surface area contributed by atoms with Gasteiger partial charge in [-0.05, 0) is 17.7 Å². The molecule has 2 aromatic rings. The lowest BCUT2D eigenvalue weighted by atomic mass is 10.0. The molecule has 1 atom stereocenters. The quantitative estimate of drug-likeness (QED) is 0.934.